The molecule has 108 valence electrons. The molecule has 1 aromatic heterocycles. The van der Waals surface area contributed by atoms with Gasteiger partial charge >= 0.3 is 0 Å². The van der Waals surface area contributed by atoms with Gasteiger partial charge in [0.1, 0.15) is 4.21 Å². The Hall–Kier alpha value is -0.430. The van der Waals surface area contributed by atoms with Crippen molar-refractivity contribution >= 4 is 21.4 Å². The molecule has 1 aromatic rings. The lowest BCUT2D eigenvalue weighted by Crippen LogP contribution is -2.38. The molecular weight excluding hydrogens is 280 g/mol. The standard InChI is InChI=1S/C13H22N2O2S2/c1-3-11-4-6-15(7-5-11)19(16,17)13-8-12(9-14-2)10-18-13/h8,10-11,14H,3-7,9H2,1-2H3. The van der Waals surface area contributed by atoms with Crippen molar-refractivity contribution in [3.8, 4) is 0 Å². The van der Waals surface area contributed by atoms with Crippen molar-refractivity contribution in [2.24, 2.45) is 5.92 Å². The summed E-state index contributed by atoms with van der Waals surface area (Å²) in [5, 5.41) is 4.96. The normalized spacial score (nSPS) is 18.8. The second-order valence-electron chi connectivity index (χ2n) is 5.06. The third kappa shape index (κ3) is 3.37. The first-order chi connectivity index (χ1) is 9.07. The van der Waals surface area contributed by atoms with Gasteiger partial charge in [0.25, 0.3) is 10.0 Å². The van der Waals surface area contributed by atoms with E-state index in [1.165, 1.54) is 11.3 Å². The SMILES string of the molecule is CCC1CCN(S(=O)(=O)c2cc(CNC)cs2)CC1. The molecule has 0 amide bonds. The van der Waals surface area contributed by atoms with Gasteiger partial charge in [0.2, 0.25) is 0 Å². The van der Waals surface area contributed by atoms with E-state index in [2.05, 4.69) is 12.2 Å². The summed E-state index contributed by atoms with van der Waals surface area (Å²) in [4.78, 5) is 0. The van der Waals surface area contributed by atoms with Crippen LogP contribution in [-0.2, 0) is 16.6 Å². The van der Waals surface area contributed by atoms with E-state index in [9.17, 15) is 8.42 Å². The minimum atomic E-state index is -3.27. The number of hydrogen-bond donors (Lipinski definition) is 1. The molecule has 0 saturated carbocycles. The zero-order chi connectivity index (χ0) is 13.9. The van der Waals surface area contributed by atoms with Gasteiger partial charge in [-0.3, -0.25) is 0 Å². The van der Waals surface area contributed by atoms with Crippen molar-refractivity contribution in [1.29, 1.82) is 0 Å². The Kier molecular flexibility index (Phi) is 5.00. The third-order valence-electron chi connectivity index (χ3n) is 3.76. The summed E-state index contributed by atoms with van der Waals surface area (Å²) in [7, 11) is -1.40. The average Bonchev–Trinajstić information content (AvgIpc) is 2.89. The van der Waals surface area contributed by atoms with Crippen LogP contribution in [0, 0.1) is 5.92 Å². The van der Waals surface area contributed by atoms with E-state index in [1.54, 1.807) is 10.4 Å². The monoisotopic (exact) mass is 302 g/mol. The molecule has 0 aliphatic carbocycles. The van der Waals surface area contributed by atoms with Crippen LogP contribution in [0.15, 0.2) is 15.7 Å². The second kappa shape index (κ2) is 6.35. The maximum absolute atomic E-state index is 12.5. The zero-order valence-corrected chi connectivity index (χ0v) is 13.2. The summed E-state index contributed by atoms with van der Waals surface area (Å²) in [5.41, 5.74) is 1.04. The predicted molar refractivity (Wildman–Crippen MR) is 78.9 cm³/mol. The largest absolute Gasteiger partial charge is 0.316 e. The number of nitrogens with one attached hydrogen (secondary N) is 1. The average molecular weight is 302 g/mol. The van der Waals surface area contributed by atoms with Crippen molar-refractivity contribution in [3.63, 3.8) is 0 Å². The number of sulfonamides is 1. The molecule has 19 heavy (non-hydrogen) atoms. The number of piperidine rings is 1. The van der Waals surface area contributed by atoms with E-state index in [0.717, 1.165) is 24.8 Å². The Bertz CT molecular complexity index is 502. The van der Waals surface area contributed by atoms with Crippen LogP contribution < -0.4 is 5.32 Å². The second-order valence-corrected chi connectivity index (χ2v) is 8.14. The Labute approximate surface area is 119 Å². The van der Waals surface area contributed by atoms with Gasteiger partial charge in [-0.2, -0.15) is 4.31 Å². The minimum absolute atomic E-state index is 0.479. The molecule has 4 nitrogen and oxygen atoms in total. The first-order valence-corrected chi connectivity index (χ1v) is 9.12. The fourth-order valence-electron chi connectivity index (χ4n) is 2.47. The fraction of sp³-hybridized carbons (Fsp3) is 0.692. The summed E-state index contributed by atoms with van der Waals surface area (Å²) < 4.78 is 27.2. The van der Waals surface area contributed by atoms with E-state index >= 15 is 0 Å². The lowest BCUT2D eigenvalue weighted by Gasteiger charge is -2.30. The molecule has 0 bridgehead atoms. The minimum Gasteiger partial charge on any atom is -0.316 e. The predicted octanol–water partition coefficient (Wildman–Crippen LogP) is 2.28. The number of nitrogens with zero attached hydrogens (tertiary/aromatic N) is 1. The summed E-state index contributed by atoms with van der Waals surface area (Å²) in [6.45, 7) is 4.22. The van der Waals surface area contributed by atoms with E-state index < -0.39 is 10.0 Å². The molecule has 2 rings (SSSR count). The summed E-state index contributed by atoms with van der Waals surface area (Å²) in [6, 6.07) is 1.79. The molecule has 1 aliphatic heterocycles. The van der Waals surface area contributed by atoms with Crippen molar-refractivity contribution < 1.29 is 8.42 Å². The highest BCUT2D eigenvalue weighted by Gasteiger charge is 2.29. The smallest absolute Gasteiger partial charge is 0.252 e. The fourth-order valence-corrected chi connectivity index (χ4v) is 5.30. The number of hydrogen-bond acceptors (Lipinski definition) is 4. The van der Waals surface area contributed by atoms with Gasteiger partial charge in [0.05, 0.1) is 0 Å². The van der Waals surface area contributed by atoms with E-state index in [4.69, 9.17) is 0 Å². The summed E-state index contributed by atoms with van der Waals surface area (Å²) in [5.74, 6) is 0.689. The summed E-state index contributed by atoms with van der Waals surface area (Å²) >= 11 is 1.33. The van der Waals surface area contributed by atoms with E-state index in [-0.39, 0.29) is 0 Å². The maximum atomic E-state index is 12.5. The molecule has 2 heterocycles. The molecule has 0 atom stereocenters. The lowest BCUT2D eigenvalue weighted by molar-refractivity contribution is 0.269. The van der Waals surface area contributed by atoms with Crippen LogP contribution in [0.3, 0.4) is 0 Å². The van der Waals surface area contributed by atoms with Crippen LogP contribution in [0.1, 0.15) is 31.7 Å². The van der Waals surface area contributed by atoms with Crippen molar-refractivity contribution in [1.82, 2.24) is 9.62 Å². The van der Waals surface area contributed by atoms with Crippen LogP contribution in [0.2, 0.25) is 0 Å². The lowest BCUT2D eigenvalue weighted by atomic mass is 9.96. The van der Waals surface area contributed by atoms with Gasteiger partial charge in [-0.25, -0.2) is 8.42 Å². The summed E-state index contributed by atoms with van der Waals surface area (Å²) in [6.07, 6.45) is 3.13. The topological polar surface area (TPSA) is 49.4 Å². The molecular formula is C13H22N2O2S2. The molecule has 1 saturated heterocycles. The van der Waals surface area contributed by atoms with E-state index in [0.29, 0.717) is 29.8 Å². The molecule has 0 unspecified atom stereocenters. The Morgan fingerprint density at radius 2 is 2.11 bits per heavy atom. The molecule has 1 N–H and O–H groups in total. The highest BCUT2D eigenvalue weighted by Crippen LogP contribution is 2.28. The Morgan fingerprint density at radius 1 is 1.42 bits per heavy atom. The molecule has 1 fully saturated rings. The van der Waals surface area contributed by atoms with Gasteiger partial charge in [-0.15, -0.1) is 11.3 Å². The Morgan fingerprint density at radius 3 is 2.68 bits per heavy atom. The maximum Gasteiger partial charge on any atom is 0.252 e. The van der Waals surface area contributed by atoms with Gasteiger partial charge < -0.3 is 5.32 Å². The molecule has 1 aliphatic rings. The van der Waals surface area contributed by atoms with Gasteiger partial charge in [0, 0.05) is 19.6 Å². The highest BCUT2D eigenvalue weighted by molar-refractivity contribution is 7.91. The van der Waals surface area contributed by atoms with Crippen molar-refractivity contribution in [2.45, 2.75) is 36.9 Å². The molecule has 0 radical (unpaired) electrons. The number of rotatable bonds is 5. The molecule has 0 aromatic carbocycles. The van der Waals surface area contributed by atoms with Crippen LogP contribution in [0.25, 0.3) is 0 Å². The first kappa shape index (κ1) is 15.0. The number of thiophene rings is 1. The van der Waals surface area contributed by atoms with Crippen LogP contribution in [0.4, 0.5) is 0 Å². The Balaban J connectivity index is 2.09. The zero-order valence-electron chi connectivity index (χ0n) is 11.6. The molecule has 0 spiro atoms. The van der Waals surface area contributed by atoms with Gasteiger partial charge in [0.15, 0.2) is 0 Å². The van der Waals surface area contributed by atoms with Crippen LogP contribution >= 0.6 is 11.3 Å². The van der Waals surface area contributed by atoms with Gasteiger partial charge in [-0.05, 0) is 42.8 Å². The van der Waals surface area contributed by atoms with Gasteiger partial charge in [-0.1, -0.05) is 13.3 Å². The first-order valence-electron chi connectivity index (χ1n) is 6.80. The molecule has 6 heteroatoms. The highest BCUT2D eigenvalue weighted by atomic mass is 32.2. The van der Waals surface area contributed by atoms with Crippen molar-refractivity contribution in [3.05, 3.63) is 17.0 Å². The van der Waals surface area contributed by atoms with Crippen LogP contribution in [-0.4, -0.2) is 32.9 Å². The quantitative estimate of drug-likeness (QED) is 0.908. The van der Waals surface area contributed by atoms with E-state index in [1.807, 2.05) is 12.4 Å². The van der Waals surface area contributed by atoms with Crippen molar-refractivity contribution in [2.75, 3.05) is 20.1 Å². The third-order valence-corrected chi connectivity index (χ3v) is 7.12. The van der Waals surface area contributed by atoms with Crippen LogP contribution in [0.5, 0.6) is 0 Å².